The lowest BCUT2D eigenvalue weighted by atomic mass is 9.87. The Bertz CT molecular complexity index is 868. The molecular formula is C28H41F3N4O2. The molecule has 1 aromatic rings. The number of ether oxygens (including phenoxy) is 1. The van der Waals surface area contributed by atoms with Crippen molar-refractivity contribution in [3.05, 3.63) is 23.9 Å². The third-order valence-corrected chi connectivity index (χ3v) is 8.94. The van der Waals surface area contributed by atoms with Crippen molar-refractivity contribution in [3.63, 3.8) is 0 Å². The van der Waals surface area contributed by atoms with Crippen molar-refractivity contribution in [3.8, 4) is 0 Å². The SMILES string of the molecule is O=C(C1CCCCC1)N(c1ccc(C(F)(F)F)cn1)C1CCN(C2CCN(CC3CCCO3)CC2)CC1. The predicted molar refractivity (Wildman–Crippen MR) is 136 cm³/mol. The Labute approximate surface area is 218 Å². The second kappa shape index (κ2) is 12.0. The lowest BCUT2D eigenvalue weighted by Crippen LogP contribution is -2.53. The normalized spacial score (nSPS) is 26.0. The number of pyridine rings is 1. The van der Waals surface area contributed by atoms with E-state index in [1.54, 1.807) is 4.90 Å². The molecule has 5 rings (SSSR count). The van der Waals surface area contributed by atoms with Crippen molar-refractivity contribution in [1.29, 1.82) is 0 Å². The average Bonchev–Trinajstić information content (AvgIpc) is 3.43. The number of amides is 1. The van der Waals surface area contributed by atoms with E-state index in [1.165, 1.54) is 18.9 Å². The zero-order valence-electron chi connectivity index (χ0n) is 21.8. The molecule has 4 heterocycles. The minimum atomic E-state index is -4.44. The van der Waals surface area contributed by atoms with Crippen molar-refractivity contribution in [2.45, 2.75) is 95.0 Å². The van der Waals surface area contributed by atoms with Gasteiger partial charge in [-0.2, -0.15) is 13.2 Å². The summed E-state index contributed by atoms with van der Waals surface area (Å²) in [6, 6.07) is 2.99. The topological polar surface area (TPSA) is 48.9 Å². The third kappa shape index (κ3) is 6.66. The number of aromatic nitrogens is 1. The summed E-state index contributed by atoms with van der Waals surface area (Å²) in [7, 11) is 0. The molecule has 1 atom stereocenters. The quantitative estimate of drug-likeness (QED) is 0.519. The maximum atomic E-state index is 13.7. The lowest BCUT2D eigenvalue weighted by Gasteiger charge is -2.44. The van der Waals surface area contributed by atoms with Gasteiger partial charge in [-0.25, -0.2) is 4.98 Å². The van der Waals surface area contributed by atoms with Gasteiger partial charge in [0.1, 0.15) is 5.82 Å². The molecule has 206 valence electrons. The first-order chi connectivity index (χ1) is 17.9. The van der Waals surface area contributed by atoms with Gasteiger partial charge in [0.15, 0.2) is 0 Å². The number of hydrogen-bond acceptors (Lipinski definition) is 5. The van der Waals surface area contributed by atoms with E-state index < -0.39 is 11.7 Å². The number of carbonyl (C=O) groups excluding carboxylic acids is 1. The Morgan fingerprint density at radius 3 is 2.27 bits per heavy atom. The summed E-state index contributed by atoms with van der Waals surface area (Å²) < 4.78 is 45.2. The van der Waals surface area contributed by atoms with Crippen LogP contribution < -0.4 is 4.90 Å². The van der Waals surface area contributed by atoms with Crippen LogP contribution >= 0.6 is 0 Å². The summed E-state index contributed by atoms with van der Waals surface area (Å²) in [4.78, 5) is 24.7. The molecule has 0 radical (unpaired) electrons. The highest BCUT2D eigenvalue weighted by Crippen LogP contribution is 2.34. The fraction of sp³-hybridized carbons (Fsp3) is 0.786. The van der Waals surface area contributed by atoms with Gasteiger partial charge in [-0.3, -0.25) is 9.69 Å². The summed E-state index contributed by atoms with van der Waals surface area (Å²) in [5, 5.41) is 0. The first kappa shape index (κ1) is 26.9. The standard InChI is InChI=1S/C28H41F3N4O2/c29-28(30,31)22-8-9-26(32-19-22)35(27(36)21-5-2-1-3-6-21)24-12-16-34(17-13-24)23-10-14-33(15-11-23)20-25-7-4-18-37-25/h8-9,19,21,23-25H,1-7,10-18,20H2. The van der Waals surface area contributed by atoms with E-state index in [0.29, 0.717) is 18.0 Å². The summed E-state index contributed by atoms with van der Waals surface area (Å²) in [6.45, 7) is 5.98. The number of nitrogens with zero attached hydrogens (tertiary/aromatic N) is 4. The molecule has 3 saturated heterocycles. The van der Waals surface area contributed by atoms with Gasteiger partial charge >= 0.3 is 6.18 Å². The predicted octanol–water partition coefficient (Wildman–Crippen LogP) is 5.12. The van der Waals surface area contributed by atoms with Crippen LogP contribution in [-0.4, -0.2) is 78.2 Å². The Hall–Kier alpha value is -1.71. The molecule has 37 heavy (non-hydrogen) atoms. The van der Waals surface area contributed by atoms with Crippen molar-refractivity contribution >= 4 is 11.7 Å². The monoisotopic (exact) mass is 522 g/mol. The summed E-state index contributed by atoms with van der Waals surface area (Å²) in [6.07, 6.45) is 8.11. The fourth-order valence-corrected chi connectivity index (χ4v) is 6.77. The van der Waals surface area contributed by atoms with E-state index in [1.807, 2.05) is 0 Å². The minimum Gasteiger partial charge on any atom is -0.377 e. The van der Waals surface area contributed by atoms with Gasteiger partial charge in [0.2, 0.25) is 5.91 Å². The van der Waals surface area contributed by atoms with Crippen molar-refractivity contribution in [1.82, 2.24) is 14.8 Å². The van der Waals surface area contributed by atoms with Crippen LogP contribution in [0.5, 0.6) is 0 Å². The second-order valence-electron chi connectivity index (χ2n) is 11.4. The van der Waals surface area contributed by atoms with Gasteiger partial charge in [-0.15, -0.1) is 0 Å². The molecule has 4 fully saturated rings. The highest BCUT2D eigenvalue weighted by molar-refractivity contribution is 5.94. The molecule has 4 aliphatic rings. The first-order valence-corrected chi connectivity index (χ1v) is 14.3. The molecule has 0 bridgehead atoms. The molecule has 3 aliphatic heterocycles. The van der Waals surface area contributed by atoms with Gasteiger partial charge in [-0.1, -0.05) is 19.3 Å². The highest BCUT2D eigenvalue weighted by Gasteiger charge is 2.37. The second-order valence-corrected chi connectivity index (χ2v) is 11.4. The van der Waals surface area contributed by atoms with Crippen LogP contribution in [0.2, 0.25) is 0 Å². The largest absolute Gasteiger partial charge is 0.417 e. The zero-order chi connectivity index (χ0) is 25.8. The molecule has 0 N–H and O–H groups in total. The number of anilines is 1. The maximum absolute atomic E-state index is 13.7. The van der Waals surface area contributed by atoms with Crippen LogP contribution in [0.25, 0.3) is 0 Å². The van der Waals surface area contributed by atoms with E-state index in [9.17, 15) is 18.0 Å². The maximum Gasteiger partial charge on any atom is 0.417 e. The molecule has 1 unspecified atom stereocenters. The molecule has 1 saturated carbocycles. The summed E-state index contributed by atoms with van der Waals surface area (Å²) in [5.41, 5.74) is -0.776. The Morgan fingerprint density at radius 2 is 1.68 bits per heavy atom. The van der Waals surface area contributed by atoms with Crippen LogP contribution in [0.1, 0.15) is 76.2 Å². The van der Waals surface area contributed by atoms with Crippen molar-refractivity contribution < 1.29 is 22.7 Å². The van der Waals surface area contributed by atoms with Crippen LogP contribution in [0.3, 0.4) is 0 Å². The number of alkyl halides is 3. The van der Waals surface area contributed by atoms with Crippen LogP contribution in [0, 0.1) is 5.92 Å². The van der Waals surface area contributed by atoms with Gasteiger partial charge < -0.3 is 14.5 Å². The van der Waals surface area contributed by atoms with Crippen molar-refractivity contribution in [2.24, 2.45) is 5.92 Å². The Balaban J connectivity index is 1.20. The molecule has 9 heteroatoms. The van der Waals surface area contributed by atoms with E-state index in [0.717, 1.165) is 109 Å². The van der Waals surface area contributed by atoms with E-state index in [2.05, 4.69) is 14.8 Å². The summed E-state index contributed by atoms with van der Waals surface area (Å²) >= 11 is 0. The first-order valence-electron chi connectivity index (χ1n) is 14.3. The van der Waals surface area contributed by atoms with Gasteiger partial charge in [-0.05, 0) is 76.6 Å². The molecule has 1 aliphatic carbocycles. The Kier molecular flexibility index (Phi) is 8.71. The molecule has 1 aromatic heterocycles. The van der Waals surface area contributed by atoms with E-state index >= 15 is 0 Å². The van der Waals surface area contributed by atoms with Gasteiger partial charge in [0.05, 0.1) is 11.7 Å². The van der Waals surface area contributed by atoms with Crippen LogP contribution in [0.4, 0.5) is 19.0 Å². The number of rotatable bonds is 6. The molecule has 0 spiro atoms. The number of carbonyl (C=O) groups is 1. The fourth-order valence-electron chi connectivity index (χ4n) is 6.77. The molecule has 1 amide bonds. The van der Waals surface area contributed by atoms with Gasteiger partial charge in [0.25, 0.3) is 0 Å². The number of halogens is 3. The average molecular weight is 523 g/mol. The molecular weight excluding hydrogens is 481 g/mol. The Morgan fingerprint density at radius 1 is 0.946 bits per heavy atom. The lowest BCUT2D eigenvalue weighted by molar-refractivity contribution is -0.137. The van der Waals surface area contributed by atoms with Crippen LogP contribution in [-0.2, 0) is 15.7 Å². The summed E-state index contributed by atoms with van der Waals surface area (Å²) in [5.74, 6) is 0.362. The van der Waals surface area contributed by atoms with Crippen LogP contribution in [0.15, 0.2) is 18.3 Å². The van der Waals surface area contributed by atoms with E-state index in [-0.39, 0.29) is 17.9 Å². The number of likely N-dealkylation sites (tertiary alicyclic amines) is 2. The van der Waals surface area contributed by atoms with Crippen molar-refractivity contribution in [2.75, 3.05) is 44.2 Å². The number of piperidine rings is 2. The third-order valence-electron chi connectivity index (χ3n) is 8.94. The smallest absolute Gasteiger partial charge is 0.377 e. The molecule has 0 aromatic carbocycles. The van der Waals surface area contributed by atoms with E-state index in [4.69, 9.17) is 4.74 Å². The van der Waals surface area contributed by atoms with Gasteiger partial charge in [0, 0.05) is 50.4 Å². The highest BCUT2D eigenvalue weighted by atomic mass is 19.4. The zero-order valence-corrected chi connectivity index (χ0v) is 21.8. The minimum absolute atomic E-state index is 0.0190. The molecule has 6 nitrogen and oxygen atoms in total. The number of hydrogen-bond donors (Lipinski definition) is 0.